The summed E-state index contributed by atoms with van der Waals surface area (Å²) >= 11 is 0. The van der Waals surface area contributed by atoms with Crippen molar-refractivity contribution in [2.24, 2.45) is 17.8 Å². The van der Waals surface area contributed by atoms with Gasteiger partial charge in [0, 0.05) is 12.7 Å². The smallest absolute Gasteiger partial charge is 0.193 e. The van der Waals surface area contributed by atoms with E-state index in [4.69, 9.17) is 5.73 Å². The number of nitrogens with two attached hydrogens (primary N) is 1. The van der Waals surface area contributed by atoms with Crippen molar-refractivity contribution < 1.29 is 0 Å². The molecule has 5 nitrogen and oxygen atoms in total. The van der Waals surface area contributed by atoms with Gasteiger partial charge < -0.3 is 15.6 Å². The number of nitrogens with one attached hydrogen (secondary N) is 1. The topological polar surface area (TPSA) is 68.2 Å². The summed E-state index contributed by atoms with van der Waals surface area (Å²) in [4.78, 5) is 9.05. The maximum atomic E-state index is 6.04. The third kappa shape index (κ3) is 2.73. The number of para-hydroxylation sites is 2. The second kappa shape index (κ2) is 6.00. The van der Waals surface area contributed by atoms with Crippen LogP contribution in [-0.2, 0) is 26.4 Å². The average Bonchev–Trinajstić information content (AvgIpc) is 3.17. The fourth-order valence-corrected chi connectivity index (χ4v) is 3.33. The lowest BCUT2D eigenvalue weighted by atomic mass is 10.1. The molecule has 3 aromatic rings. The molecule has 5 heteroatoms. The fraction of sp³-hybridized carbons (Fsp3) is 0.263. The maximum absolute atomic E-state index is 6.04. The Morgan fingerprint density at radius 2 is 2.04 bits per heavy atom. The molecule has 1 aromatic heterocycles. The first-order chi connectivity index (χ1) is 11.7. The van der Waals surface area contributed by atoms with E-state index in [-0.39, 0.29) is 0 Å². The number of rotatable bonds is 3. The molecule has 122 valence electrons. The van der Waals surface area contributed by atoms with Crippen molar-refractivity contribution in [2.75, 3.05) is 5.32 Å². The number of hydrogen-bond donors (Lipinski definition) is 2. The van der Waals surface area contributed by atoms with Gasteiger partial charge in [-0.1, -0.05) is 18.2 Å². The predicted octanol–water partition coefficient (Wildman–Crippen LogP) is 2.99. The number of anilines is 1. The molecule has 2 aromatic carbocycles. The molecule has 0 aliphatic heterocycles. The Labute approximate surface area is 141 Å². The van der Waals surface area contributed by atoms with E-state index >= 15 is 0 Å². The van der Waals surface area contributed by atoms with E-state index in [1.54, 1.807) is 0 Å². The van der Waals surface area contributed by atoms with Crippen molar-refractivity contribution in [1.29, 1.82) is 0 Å². The minimum atomic E-state index is 0.417. The Kier molecular flexibility index (Phi) is 3.69. The van der Waals surface area contributed by atoms with Gasteiger partial charge in [-0.15, -0.1) is 0 Å². The van der Waals surface area contributed by atoms with E-state index in [0.717, 1.165) is 29.0 Å². The molecule has 0 atom stereocenters. The molecule has 0 bridgehead atoms. The Hall–Kier alpha value is -2.82. The zero-order chi connectivity index (χ0) is 16.5. The summed E-state index contributed by atoms with van der Waals surface area (Å²) in [6.45, 7) is 0.453. The molecule has 4 rings (SSSR count). The van der Waals surface area contributed by atoms with Crippen LogP contribution in [0.5, 0.6) is 0 Å². The van der Waals surface area contributed by atoms with Crippen LogP contribution in [-0.4, -0.2) is 15.5 Å². The van der Waals surface area contributed by atoms with Gasteiger partial charge in [0.2, 0.25) is 0 Å². The lowest BCUT2D eigenvalue weighted by Crippen LogP contribution is -2.23. The first-order valence-electron chi connectivity index (χ1n) is 8.30. The molecule has 0 unspecified atom stereocenters. The zero-order valence-electron chi connectivity index (χ0n) is 13.8. The van der Waals surface area contributed by atoms with Crippen molar-refractivity contribution in [2.45, 2.75) is 25.8 Å². The van der Waals surface area contributed by atoms with Gasteiger partial charge in [0.25, 0.3) is 0 Å². The van der Waals surface area contributed by atoms with Gasteiger partial charge in [0.15, 0.2) is 5.96 Å². The van der Waals surface area contributed by atoms with E-state index in [1.165, 1.54) is 24.0 Å². The molecule has 0 radical (unpaired) electrons. The number of fused-ring (bicyclic) bond motifs is 2. The third-order valence-electron chi connectivity index (χ3n) is 4.64. The number of imidazole rings is 1. The Bertz CT molecular complexity index is 923. The summed E-state index contributed by atoms with van der Waals surface area (Å²) in [5.74, 6) is 1.31. The molecule has 0 amide bonds. The van der Waals surface area contributed by atoms with Crippen LogP contribution >= 0.6 is 0 Å². The number of aliphatic imine (C=N–C) groups is 1. The van der Waals surface area contributed by atoms with Crippen molar-refractivity contribution in [3.05, 3.63) is 59.4 Å². The zero-order valence-corrected chi connectivity index (χ0v) is 13.8. The molecule has 1 heterocycles. The highest BCUT2D eigenvalue weighted by Gasteiger charge is 2.11. The van der Waals surface area contributed by atoms with Crippen LogP contribution in [0.3, 0.4) is 0 Å². The number of benzene rings is 2. The molecule has 24 heavy (non-hydrogen) atoms. The van der Waals surface area contributed by atoms with E-state index in [1.807, 2.05) is 25.2 Å². The SMILES string of the molecule is Cn1c(CN=C(N)Nc2ccc3c(c2)CCC3)nc2ccccc21. The van der Waals surface area contributed by atoms with Gasteiger partial charge in [0.05, 0.1) is 11.0 Å². The summed E-state index contributed by atoms with van der Waals surface area (Å²) in [6, 6.07) is 14.5. The second-order valence-electron chi connectivity index (χ2n) is 6.24. The maximum Gasteiger partial charge on any atom is 0.193 e. The predicted molar refractivity (Wildman–Crippen MR) is 98.1 cm³/mol. The van der Waals surface area contributed by atoms with Crippen LogP contribution in [0.25, 0.3) is 11.0 Å². The quantitative estimate of drug-likeness (QED) is 0.576. The van der Waals surface area contributed by atoms with Gasteiger partial charge in [-0.25, -0.2) is 9.98 Å². The summed E-state index contributed by atoms with van der Waals surface area (Å²) in [5, 5.41) is 3.19. The van der Waals surface area contributed by atoms with Gasteiger partial charge in [-0.2, -0.15) is 0 Å². The summed E-state index contributed by atoms with van der Waals surface area (Å²) in [7, 11) is 2.00. The number of hydrogen-bond acceptors (Lipinski definition) is 2. The van der Waals surface area contributed by atoms with E-state index < -0.39 is 0 Å². The van der Waals surface area contributed by atoms with Crippen LogP contribution in [0.4, 0.5) is 5.69 Å². The molecule has 0 saturated carbocycles. The normalized spacial score (nSPS) is 14.1. The molecule has 0 spiro atoms. The van der Waals surface area contributed by atoms with Crippen LogP contribution in [0.15, 0.2) is 47.5 Å². The fourth-order valence-electron chi connectivity index (χ4n) is 3.33. The first-order valence-corrected chi connectivity index (χ1v) is 8.30. The summed E-state index contributed by atoms with van der Waals surface area (Å²) in [6.07, 6.45) is 3.59. The largest absolute Gasteiger partial charge is 0.370 e. The van der Waals surface area contributed by atoms with Gasteiger partial charge in [0.1, 0.15) is 12.4 Å². The van der Waals surface area contributed by atoms with Crippen molar-refractivity contribution >= 4 is 22.7 Å². The number of aromatic nitrogens is 2. The first kappa shape index (κ1) is 14.8. The summed E-state index contributed by atoms with van der Waals surface area (Å²) < 4.78 is 2.06. The Morgan fingerprint density at radius 1 is 1.21 bits per heavy atom. The minimum absolute atomic E-state index is 0.417. The van der Waals surface area contributed by atoms with E-state index in [0.29, 0.717) is 12.5 Å². The van der Waals surface area contributed by atoms with E-state index in [2.05, 4.69) is 44.1 Å². The Balaban J connectivity index is 1.49. The van der Waals surface area contributed by atoms with Crippen molar-refractivity contribution in [1.82, 2.24) is 9.55 Å². The monoisotopic (exact) mass is 319 g/mol. The molecular weight excluding hydrogens is 298 g/mol. The molecule has 1 aliphatic carbocycles. The Morgan fingerprint density at radius 3 is 2.92 bits per heavy atom. The molecular formula is C19H21N5. The summed E-state index contributed by atoms with van der Waals surface area (Å²) in [5.41, 5.74) is 12.0. The molecule has 1 aliphatic rings. The van der Waals surface area contributed by atoms with Crippen molar-refractivity contribution in [3.8, 4) is 0 Å². The molecule has 3 N–H and O–H groups in total. The number of aryl methyl sites for hydroxylation is 3. The highest BCUT2D eigenvalue weighted by Crippen LogP contribution is 2.24. The third-order valence-corrected chi connectivity index (χ3v) is 4.64. The van der Waals surface area contributed by atoms with Gasteiger partial charge >= 0.3 is 0 Å². The van der Waals surface area contributed by atoms with Crippen LogP contribution in [0.1, 0.15) is 23.4 Å². The minimum Gasteiger partial charge on any atom is -0.370 e. The molecule has 0 saturated heterocycles. The van der Waals surface area contributed by atoms with Gasteiger partial charge in [-0.05, 0) is 54.7 Å². The highest BCUT2D eigenvalue weighted by atomic mass is 15.1. The van der Waals surface area contributed by atoms with Crippen LogP contribution in [0.2, 0.25) is 0 Å². The second-order valence-corrected chi connectivity index (χ2v) is 6.24. The van der Waals surface area contributed by atoms with Crippen LogP contribution < -0.4 is 11.1 Å². The van der Waals surface area contributed by atoms with Crippen molar-refractivity contribution in [3.63, 3.8) is 0 Å². The number of guanidine groups is 1. The lowest BCUT2D eigenvalue weighted by Gasteiger charge is -2.08. The molecule has 0 fully saturated rings. The number of nitrogens with zero attached hydrogens (tertiary/aromatic N) is 3. The average molecular weight is 319 g/mol. The lowest BCUT2D eigenvalue weighted by molar-refractivity contribution is 0.812. The standard InChI is InChI=1S/C19H21N5/c1-24-17-8-3-2-7-16(17)23-18(24)12-21-19(20)22-15-10-9-13-5-4-6-14(13)11-15/h2-3,7-11H,4-6,12H2,1H3,(H3,20,21,22). The highest BCUT2D eigenvalue weighted by molar-refractivity contribution is 5.92. The van der Waals surface area contributed by atoms with Gasteiger partial charge in [-0.3, -0.25) is 0 Å². The van der Waals surface area contributed by atoms with Crippen LogP contribution in [0, 0.1) is 0 Å². The van der Waals surface area contributed by atoms with E-state index in [9.17, 15) is 0 Å².